The van der Waals surface area contributed by atoms with E-state index in [1.54, 1.807) is 14.2 Å². The van der Waals surface area contributed by atoms with Crippen LogP contribution in [0.2, 0.25) is 0 Å². The lowest BCUT2D eigenvalue weighted by molar-refractivity contribution is 0.119. The third kappa shape index (κ3) is 7.56. The highest BCUT2D eigenvalue weighted by atomic mass is 16.5. The lowest BCUT2D eigenvalue weighted by Crippen LogP contribution is -2.38. The number of hydrogen-bond donors (Lipinski definition) is 2. The Morgan fingerprint density at radius 1 is 1.14 bits per heavy atom. The first kappa shape index (κ1) is 17.3. The van der Waals surface area contributed by atoms with Gasteiger partial charge in [0.25, 0.3) is 0 Å². The van der Waals surface area contributed by atoms with Gasteiger partial charge in [0.15, 0.2) is 5.96 Å². The molecule has 0 amide bonds. The van der Waals surface area contributed by atoms with Gasteiger partial charge in [-0.15, -0.1) is 0 Å². The second-order valence-corrected chi connectivity index (χ2v) is 4.68. The zero-order valence-electron chi connectivity index (χ0n) is 13.3. The van der Waals surface area contributed by atoms with Crippen LogP contribution in [0.5, 0.6) is 5.75 Å². The molecule has 2 N–H and O–H groups in total. The summed E-state index contributed by atoms with van der Waals surface area (Å²) in [4.78, 5) is 4.15. The minimum Gasteiger partial charge on any atom is -0.497 e. The Labute approximate surface area is 127 Å². The fraction of sp³-hybridized carbons (Fsp3) is 0.562. The summed E-state index contributed by atoms with van der Waals surface area (Å²) >= 11 is 0. The Hall–Kier alpha value is -1.75. The molecule has 0 aliphatic heterocycles. The van der Waals surface area contributed by atoms with E-state index in [4.69, 9.17) is 9.47 Å². The molecule has 0 saturated heterocycles. The summed E-state index contributed by atoms with van der Waals surface area (Å²) < 4.78 is 10.8. The van der Waals surface area contributed by atoms with Gasteiger partial charge >= 0.3 is 0 Å². The molecule has 0 aromatic heterocycles. The molecule has 0 fully saturated rings. The van der Waals surface area contributed by atoms with E-state index in [2.05, 4.69) is 22.5 Å². The van der Waals surface area contributed by atoms with Gasteiger partial charge in [0.2, 0.25) is 0 Å². The molecule has 21 heavy (non-hydrogen) atoms. The van der Waals surface area contributed by atoms with Crippen molar-refractivity contribution in [1.29, 1.82) is 0 Å². The minimum absolute atomic E-state index is 0.632. The molecule has 0 radical (unpaired) electrons. The molecule has 5 heteroatoms. The predicted molar refractivity (Wildman–Crippen MR) is 86.9 cm³/mol. The van der Waals surface area contributed by atoms with Crippen LogP contribution < -0.4 is 15.4 Å². The standard InChI is InChI=1S/C16H27N3O2/c1-4-10-18-16(17-2)19-11-5-12-21-13-14-6-8-15(20-3)9-7-14/h6-9H,4-5,10-13H2,1-3H3,(H2,17,18,19). The minimum atomic E-state index is 0.632. The summed E-state index contributed by atoms with van der Waals surface area (Å²) in [5, 5.41) is 6.49. The van der Waals surface area contributed by atoms with Crippen molar-refractivity contribution in [3.8, 4) is 5.75 Å². The van der Waals surface area contributed by atoms with E-state index in [0.717, 1.165) is 49.8 Å². The van der Waals surface area contributed by atoms with Gasteiger partial charge in [-0.05, 0) is 30.5 Å². The van der Waals surface area contributed by atoms with Gasteiger partial charge in [0.05, 0.1) is 13.7 Å². The van der Waals surface area contributed by atoms with Crippen molar-refractivity contribution in [3.05, 3.63) is 29.8 Å². The van der Waals surface area contributed by atoms with E-state index in [0.29, 0.717) is 6.61 Å². The first-order valence-electron chi connectivity index (χ1n) is 7.45. The number of benzene rings is 1. The zero-order valence-corrected chi connectivity index (χ0v) is 13.3. The number of aliphatic imine (C=N–C) groups is 1. The summed E-state index contributed by atoms with van der Waals surface area (Å²) in [6.07, 6.45) is 2.04. The maximum absolute atomic E-state index is 5.65. The normalized spacial score (nSPS) is 11.3. The largest absolute Gasteiger partial charge is 0.497 e. The average molecular weight is 293 g/mol. The predicted octanol–water partition coefficient (Wildman–Crippen LogP) is 2.18. The molecule has 118 valence electrons. The first-order valence-corrected chi connectivity index (χ1v) is 7.45. The third-order valence-electron chi connectivity index (χ3n) is 2.95. The average Bonchev–Trinajstić information content (AvgIpc) is 2.54. The van der Waals surface area contributed by atoms with Gasteiger partial charge in [-0.3, -0.25) is 4.99 Å². The van der Waals surface area contributed by atoms with Crippen LogP contribution >= 0.6 is 0 Å². The van der Waals surface area contributed by atoms with Gasteiger partial charge in [-0.2, -0.15) is 0 Å². The highest BCUT2D eigenvalue weighted by Gasteiger charge is 1.97. The van der Waals surface area contributed by atoms with Crippen LogP contribution in [0.3, 0.4) is 0 Å². The number of rotatable bonds is 9. The number of ether oxygens (including phenoxy) is 2. The molecule has 1 rings (SSSR count). The van der Waals surface area contributed by atoms with Crippen molar-refractivity contribution in [2.45, 2.75) is 26.4 Å². The number of nitrogens with zero attached hydrogens (tertiary/aromatic N) is 1. The van der Waals surface area contributed by atoms with Gasteiger partial charge in [-0.1, -0.05) is 19.1 Å². The number of hydrogen-bond acceptors (Lipinski definition) is 3. The number of nitrogens with one attached hydrogen (secondary N) is 2. The van der Waals surface area contributed by atoms with Gasteiger partial charge < -0.3 is 20.1 Å². The summed E-state index contributed by atoms with van der Waals surface area (Å²) in [5.74, 6) is 1.72. The molecule has 1 aromatic rings. The van der Waals surface area contributed by atoms with Crippen LogP contribution in [0.15, 0.2) is 29.3 Å². The molecule has 0 aliphatic rings. The fourth-order valence-corrected chi connectivity index (χ4v) is 1.76. The summed E-state index contributed by atoms with van der Waals surface area (Å²) in [7, 11) is 3.45. The van der Waals surface area contributed by atoms with Gasteiger partial charge in [0.1, 0.15) is 5.75 Å². The topological polar surface area (TPSA) is 54.9 Å². The molecule has 0 unspecified atom stereocenters. The fourth-order valence-electron chi connectivity index (χ4n) is 1.76. The Balaban J connectivity index is 2.08. The van der Waals surface area contributed by atoms with Crippen LogP contribution in [0, 0.1) is 0 Å². The van der Waals surface area contributed by atoms with Crippen LogP contribution in [0.4, 0.5) is 0 Å². The number of methoxy groups -OCH3 is 1. The molecular weight excluding hydrogens is 266 g/mol. The lowest BCUT2D eigenvalue weighted by atomic mass is 10.2. The smallest absolute Gasteiger partial charge is 0.190 e. The van der Waals surface area contributed by atoms with Crippen molar-refractivity contribution in [1.82, 2.24) is 10.6 Å². The Morgan fingerprint density at radius 2 is 1.86 bits per heavy atom. The molecule has 0 bridgehead atoms. The van der Waals surface area contributed by atoms with Gasteiger partial charge in [-0.25, -0.2) is 0 Å². The molecular formula is C16H27N3O2. The van der Waals surface area contributed by atoms with Crippen molar-refractivity contribution in [2.24, 2.45) is 4.99 Å². The van der Waals surface area contributed by atoms with Crippen molar-refractivity contribution >= 4 is 5.96 Å². The van der Waals surface area contributed by atoms with E-state index >= 15 is 0 Å². The third-order valence-corrected chi connectivity index (χ3v) is 2.95. The molecule has 0 heterocycles. The van der Waals surface area contributed by atoms with Crippen LogP contribution in [-0.2, 0) is 11.3 Å². The molecule has 0 saturated carbocycles. The molecule has 5 nitrogen and oxygen atoms in total. The summed E-state index contributed by atoms with van der Waals surface area (Å²) in [5.41, 5.74) is 1.16. The SMILES string of the molecule is CCCNC(=NC)NCCCOCc1ccc(OC)cc1. The first-order chi connectivity index (χ1) is 10.3. The van der Waals surface area contributed by atoms with Crippen LogP contribution in [-0.4, -0.2) is 39.8 Å². The molecule has 1 aromatic carbocycles. The summed E-state index contributed by atoms with van der Waals surface area (Å²) in [6.45, 7) is 5.28. The van der Waals surface area contributed by atoms with Crippen molar-refractivity contribution < 1.29 is 9.47 Å². The van der Waals surface area contributed by atoms with E-state index < -0.39 is 0 Å². The van der Waals surface area contributed by atoms with Gasteiger partial charge in [0, 0.05) is 26.7 Å². The zero-order chi connectivity index (χ0) is 15.3. The second-order valence-electron chi connectivity index (χ2n) is 4.68. The molecule has 0 spiro atoms. The quantitative estimate of drug-likeness (QED) is 0.416. The Kier molecular flexibility index (Phi) is 9.04. The molecule has 0 atom stereocenters. The van der Waals surface area contributed by atoms with Crippen LogP contribution in [0.25, 0.3) is 0 Å². The maximum Gasteiger partial charge on any atom is 0.190 e. The Morgan fingerprint density at radius 3 is 2.48 bits per heavy atom. The van der Waals surface area contributed by atoms with Crippen LogP contribution in [0.1, 0.15) is 25.3 Å². The van der Waals surface area contributed by atoms with Crippen molar-refractivity contribution in [2.75, 3.05) is 33.9 Å². The van der Waals surface area contributed by atoms with E-state index in [9.17, 15) is 0 Å². The highest BCUT2D eigenvalue weighted by molar-refractivity contribution is 5.79. The van der Waals surface area contributed by atoms with E-state index in [-0.39, 0.29) is 0 Å². The molecule has 0 aliphatic carbocycles. The van der Waals surface area contributed by atoms with E-state index in [1.165, 1.54) is 0 Å². The Bertz CT molecular complexity index is 404. The maximum atomic E-state index is 5.65. The highest BCUT2D eigenvalue weighted by Crippen LogP contribution is 2.11. The monoisotopic (exact) mass is 293 g/mol. The summed E-state index contributed by atoms with van der Waals surface area (Å²) in [6, 6.07) is 7.94. The number of guanidine groups is 1. The van der Waals surface area contributed by atoms with E-state index in [1.807, 2.05) is 24.3 Å². The van der Waals surface area contributed by atoms with Crippen molar-refractivity contribution in [3.63, 3.8) is 0 Å². The second kappa shape index (κ2) is 11.0. The lowest BCUT2D eigenvalue weighted by Gasteiger charge is -2.11.